The number of rotatable bonds is 13. The highest BCUT2D eigenvalue weighted by Gasteiger charge is 2.25. The number of ether oxygens (including phenoxy) is 4. The van der Waals surface area contributed by atoms with Gasteiger partial charge in [-0.25, -0.2) is 0 Å². The third-order valence-corrected chi connectivity index (χ3v) is 5.15. The Morgan fingerprint density at radius 3 is 1.91 bits per heavy atom. The number of nitrogens with zero attached hydrogens (tertiary/aromatic N) is 2. The van der Waals surface area contributed by atoms with Gasteiger partial charge in [0.1, 0.15) is 33.0 Å². The molecule has 1 unspecified atom stereocenters. The number of Topliss-reactive ketones (excluding diaryl/α,β-unsaturated/α-hetero) is 1. The van der Waals surface area contributed by atoms with Crippen LogP contribution >= 0.6 is 23.2 Å². The Hall–Kier alpha value is -3.04. The van der Waals surface area contributed by atoms with Gasteiger partial charge in [0, 0.05) is 17.8 Å². The second-order valence-electron chi connectivity index (χ2n) is 6.96. The number of carbonyl (C=O) groups excluding carboxylic acids is 2. The Balaban J connectivity index is 2.35. The molecule has 35 heavy (non-hydrogen) atoms. The smallest absolute Gasteiger partial charge is 0.258 e. The molecule has 0 saturated heterocycles. The summed E-state index contributed by atoms with van der Waals surface area (Å²) in [6.07, 6.45) is 0. The number of azo groups is 1. The number of anilines is 1. The van der Waals surface area contributed by atoms with Crippen LogP contribution in [0, 0.1) is 0 Å². The fourth-order valence-corrected chi connectivity index (χ4v) is 3.46. The number of halogens is 2. The van der Waals surface area contributed by atoms with Crippen molar-refractivity contribution in [3.63, 3.8) is 0 Å². The minimum atomic E-state index is -1.42. The van der Waals surface area contributed by atoms with E-state index in [1.807, 2.05) is 6.92 Å². The quantitative estimate of drug-likeness (QED) is 0.244. The molecule has 0 radical (unpaired) electrons. The van der Waals surface area contributed by atoms with Crippen molar-refractivity contribution in [2.45, 2.75) is 40.7 Å². The number of nitrogens with one attached hydrogen (secondary N) is 1. The molecule has 0 aliphatic rings. The molecule has 0 fully saturated rings. The van der Waals surface area contributed by atoms with Crippen LogP contribution in [0.25, 0.3) is 0 Å². The zero-order valence-corrected chi connectivity index (χ0v) is 21.8. The SMILES string of the molecule is CCOc1cc(NC(=O)C(N=Nc2ccc(OCC)c(Cl)c2OCC)C(C)=O)cc(OCC)c1Cl. The molecule has 1 amide bonds. The van der Waals surface area contributed by atoms with E-state index in [2.05, 4.69) is 15.5 Å². The highest BCUT2D eigenvalue weighted by atomic mass is 35.5. The summed E-state index contributed by atoms with van der Waals surface area (Å²) in [4.78, 5) is 25.2. The first-order chi connectivity index (χ1) is 16.8. The van der Waals surface area contributed by atoms with E-state index in [1.54, 1.807) is 45.0 Å². The largest absolute Gasteiger partial charge is 0.492 e. The molecule has 1 N–H and O–H groups in total. The van der Waals surface area contributed by atoms with Gasteiger partial charge in [0.15, 0.2) is 11.5 Å². The maximum Gasteiger partial charge on any atom is 0.258 e. The highest BCUT2D eigenvalue weighted by molar-refractivity contribution is 6.34. The molecule has 9 nitrogen and oxygen atoms in total. The zero-order valence-electron chi connectivity index (χ0n) is 20.3. The first kappa shape index (κ1) is 28.2. The van der Waals surface area contributed by atoms with Crippen molar-refractivity contribution >= 4 is 46.3 Å². The Morgan fingerprint density at radius 2 is 1.40 bits per heavy atom. The maximum atomic E-state index is 12.9. The van der Waals surface area contributed by atoms with Gasteiger partial charge in [0.25, 0.3) is 5.91 Å². The van der Waals surface area contributed by atoms with E-state index in [0.29, 0.717) is 49.4 Å². The zero-order chi connectivity index (χ0) is 26.0. The first-order valence-corrected chi connectivity index (χ1v) is 11.9. The van der Waals surface area contributed by atoms with Crippen molar-refractivity contribution in [1.29, 1.82) is 0 Å². The Kier molecular flexibility index (Phi) is 11.1. The lowest BCUT2D eigenvalue weighted by Gasteiger charge is -2.15. The van der Waals surface area contributed by atoms with Gasteiger partial charge in [-0.2, -0.15) is 10.2 Å². The van der Waals surface area contributed by atoms with E-state index in [0.717, 1.165) is 0 Å². The molecule has 0 heterocycles. The van der Waals surface area contributed by atoms with Crippen LogP contribution in [-0.2, 0) is 9.59 Å². The van der Waals surface area contributed by atoms with E-state index in [4.69, 9.17) is 42.1 Å². The van der Waals surface area contributed by atoms with Gasteiger partial charge in [0.2, 0.25) is 6.04 Å². The molecule has 0 spiro atoms. The topological polar surface area (TPSA) is 108 Å². The fourth-order valence-electron chi connectivity index (χ4n) is 2.97. The van der Waals surface area contributed by atoms with E-state index in [9.17, 15) is 9.59 Å². The van der Waals surface area contributed by atoms with Crippen LogP contribution in [0.1, 0.15) is 34.6 Å². The van der Waals surface area contributed by atoms with Crippen molar-refractivity contribution in [2.75, 3.05) is 31.7 Å². The molecule has 0 aromatic heterocycles. The molecular weight excluding hydrogens is 497 g/mol. The van der Waals surface area contributed by atoms with Gasteiger partial charge in [0.05, 0.1) is 26.4 Å². The van der Waals surface area contributed by atoms with Gasteiger partial charge in [-0.3, -0.25) is 9.59 Å². The summed E-state index contributed by atoms with van der Waals surface area (Å²) in [6.45, 7) is 9.92. The molecule has 2 aromatic carbocycles. The third-order valence-electron chi connectivity index (χ3n) is 4.42. The van der Waals surface area contributed by atoms with E-state index in [1.165, 1.54) is 6.92 Å². The summed E-state index contributed by atoms with van der Waals surface area (Å²) in [5.74, 6) is 0.139. The predicted molar refractivity (Wildman–Crippen MR) is 135 cm³/mol. The monoisotopic (exact) mass is 525 g/mol. The molecule has 2 rings (SSSR count). The van der Waals surface area contributed by atoms with Crippen LogP contribution in [0.3, 0.4) is 0 Å². The average Bonchev–Trinajstić information content (AvgIpc) is 2.81. The fraction of sp³-hybridized carbons (Fsp3) is 0.417. The molecule has 0 aliphatic heterocycles. The second-order valence-corrected chi connectivity index (χ2v) is 7.72. The number of benzene rings is 2. The normalized spacial score (nSPS) is 11.7. The van der Waals surface area contributed by atoms with Crippen molar-refractivity contribution in [3.8, 4) is 23.0 Å². The lowest BCUT2D eigenvalue weighted by Crippen LogP contribution is -2.31. The number of amides is 1. The standard InChI is InChI=1S/C24H29Cl2N3O6/c1-6-32-17-11-10-16(23(21(17)26)35-9-4)28-29-22(14(5)30)24(31)27-15-12-18(33-7-2)20(25)19(13-15)34-8-3/h10-13,22H,6-9H2,1-5H3,(H,27,31). The Labute approximate surface area is 214 Å². The van der Waals surface area contributed by atoms with Crippen molar-refractivity contribution in [1.82, 2.24) is 0 Å². The van der Waals surface area contributed by atoms with E-state index >= 15 is 0 Å². The molecule has 0 bridgehead atoms. The van der Waals surface area contributed by atoms with Crippen molar-refractivity contribution in [2.24, 2.45) is 10.2 Å². The van der Waals surface area contributed by atoms with Crippen LogP contribution in [0.5, 0.6) is 23.0 Å². The molecule has 190 valence electrons. The summed E-state index contributed by atoms with van der Waals surface area (Å²) < 4.78 is 22.1. The Bertz CT molecular complexity index is 1050. The van der Waals surface area contributed by atoms with Crippen LogP contribution in [0.2, 0.25) is 10.0 Å². The summed E-state index contributed by atoms with van der Waals surface area (Å²) in [5.41, 5.74) is 0.579. The second kappa shape index (κ2) is 13.7. The molecule has 0 saturated carbocycles. The number of ketones is 1. The van der Waals surface area contributed by atoms with E-state index < -0.39 is 17.7 Å². The minimum Gasteiger partial charge on any atom is -0.492 e. The van der Waals surface area contributed by atoms with Crippen LogP contribution < -0.4 is 24.3 Å². The third kappa shape index (κ3) is 7.47. The molecule has 0 aliphatic carbocycles. The summed E-state index contributed by atoms with van der Waals surface area (Å²) in [7, 11) is 0. The number of carbonyl (C=O) groups is 2. The maximum absolute atomic E-state index is 12.9. The summed E-state index contributed by atoms with van der Waals surface area (Å²) >= 11 is 12.7. The van der Waals surface area contributed by atoms with Gasteiger partial charge >= 0.3 is 0 Å². The molecular formula is C24H29Cl2N3O6. The van der Waals surface area contributed by atoms with Gasteiger partial charge in [-0.15, -0.1) is 0 Å². The number of hydrogen-bond acceptors (Lipinski definition) is 8. The highest BCUT2D eigenvalue weighted by Crippen LogP contribution is 2.42. The lowest BCUT2D eigenvalue weighted by molar-refractivity contribution is -0.126. The molecule has 11 heteroatoms. The molecule has 1 atom stereocenters. The van der Waals surface area contributed by atoms with Crippen LogP contribution in [-0.4, -0.2) is 44.2 Å². The lowest BCUT2D eigenvalue weighted by atomic mass is 10.2. The minimum absolute atomic E-state index is 0.224. The van der Waals surface area contributed by atoms with Crippen molar-refractivity contribution < 1.29 is 28.5 Å². The van der Waals surface area contributed by atoms with Gasteiger partial charge in [-0.1, -0.05) is 23.2 Å². The van der Waals surface area contributed by atoms with E-state index in [-0.39, 0.29) is 21.5 Å². The first-order valence-electron chi connectivity index (χ1n) is 11.2. The predicted octanol–water partition coefficient (Wildman–Crippen LogP) is 6.27. The van der Waals surface area contributed by atoms with Crippen molar-refractivity contribution in [3.05, 3.63) is 34.3 Å². The van der Waals surface area contributed by atoms with Crippen LogP contribution in [0.15, 0.2) is 34.5 Å². The summed E-state index contributed by atoms with van der Waals surface area (Å²) in [6, 6.07) is 4.86. The van der Waals surface area contributed by atoms with Crippen LogP contribution in [0.4, 0.5) is 11.4 Å². The van der Waals surface area contributed by atoms with Gasteiger partial charge < -0.3 is 24.3 Å². The Morgan fingerprint density at radius 1 is 0.857 bits per heavy atom. The molecule has 2 aromatic rings. The average molecular weight is 526 g/mol. The van der Waals surface area contributed by atoms with Gasteiger partial charge in [-0.05, 0) is 46.8 Å². The number of hydrogen-bond donors (Lipinski definition) is 1. The summed E-state index contributed by atoms with van der Waals surface area (Å²) in [5, 5.41) is 11.2.